The predicted octanol–water partition coefficient (Wildman–Crippen LogP) is 6.27. The molecule has 30 heavy (non-hydrogen) atoms. The summed E-state index contributed by atoms with van der Waals surface area (Å²) in [5, 5.41) is 0. The number of halogens is 2. The first-order valence-corrected chi connectivity index (χ1v) is 10.4. The van der Waals surface area contributed by atoms with Crippen molar-refractivity contribution >= 4 is 0 Å². The Bertz CT molecular complexity index is 994. The molecule has 0 saturated heterocycles. The van der Waals surface area contributed by atoms with Crippen LogP contribution in [0.3, 0.4) is 0 Å². The summed E-state index contributed by atoms with van der Waals surface area (Å²) in [4.78, 5) is 12.2. The molecule has 0 aliphatic heterocycles. The van der Waals surface area contributed by atoms with E-state index in [1.165, 1.54) is 0 Å². The lowest BCUT2D eigenvalue weighted by molar-refractivity contribution is -0.0387. The molecule has 3 aromatic rings. The van der Waals surface area contributed by atoms with Crippen molar-refractivity contribution in [3.63, 3.8) is 0 Å². The molecule has 2 heterocycles. The first-order chi connectivity index (χ1) is 14.3. The van der Waals surface area contributed by atoms with Gasteiger partial charge in [0, 0.05) is 30.5 Å². The minimum absolute atomic E-state index is 0.0617. The zero-order chi connectivity index (χ0) is 21.3. The molecule has 6 heteroatoms. The number of rotatable bonds is 5. The van der Waals surface area contributed by atoms with Crippen LogP contribution in [-0.4, -0.2) is 20.9 Å². The average Bonchev–Trinajstić information content (AvgIpc) is 3.19. The molecule has 0 unspecified atom stereocenters. The summed E-state index contributed by atoms with van der Waals surface area (Å²) in [5.74, 6) is -0.786. The van der Waals surface area contributed by atoms with Crippen LogP contribution >= 0.6 is 0 Å². The zero-order valence-corrected chi connectivity index (χ0v) is 17.6. The monoisotopic (exact) mass is 411 g/mol. The van der Waals surface area contributed by atoms with Gasteiger partial charge in [0.15, 0.2) is 0 Å². The normalized spacial score (nSPS) is 16.6. The molecular weight excluding hydrogens is 384 g/mol. The molecule has 158 valence electrons. The summed E-state index contributed by atoms with van der Waals surface area (Å²) in [6, 6.07) is 8.13. The summed E-state index contributed by atoms with van der Waals surface area (Å²) in [6.45, 7) is 6.47. The lowest BCUT2D eigenvalue weighted by atomic mass is 9.86. The largest absolute Gasteiger partial charge is 0.487 e. The summed E-state index contributed by atoms with van der Waals surface area (Å²) < 4.78 is 32.9. The van der Waals surface area contributed by atoms with E-state index in [2.05, 4.69) is 27.1 Å². The highest BCUT2D eigenvalue weighted by Gasteiger charge is 2.36. The van der Waals surface area contributed by atoms with Crippen molar-refractivity contribution in [1.82, 2.24) is 15.0 Å². The summed E-state index contributed by atoms with van der Waals surface area (Å²) >= 11 is 0. The third-order valence-electron chi connectivity index (χ3n) is 5.81. The molecular formula is C24H27F2N3O. The SMILES string of the molecule is Cc1ccc(COc2c(C)cc(-c3cnc(C4CCC(F)(F)CC4)[nH]3)cc2C)nc1. The van der Waals surface area contributed by atoms with Gasteiger partial charge in [0.25, 0.3) is 0 Å². The second-order valence-electron chi connectivity index (χ2n) is 8.37. The molecule has 4 rings (SSSR count). The van der Waals surface area contributed by atoms with Crippen LogP contribution in [-0.2, 0) is 6.61 Å². The number of ether oxygens (including phenoxy) is 1. The molecule has 0 amide bonds. The Labute approximate surface area is 175 Å². The molecule has 0 atom stereocenters. The van der Waals surface area contributed by atoms with Crippen LogP contribution in [0, 0.1) is 20.8 Å². The van der Waals surface area contributed by atoms with Crippen molar-refractivity contribution in [3.8, 4) is 17.0 Å². The Morgan fingerprint density at radius 3 is 2.37 bits per heavy atom. The molecule has 1 fully saturated rings. The van der Waals surface area contributed by atoms with Gasteiger partial charge in [-0.05, 0) is 68.5 Å². The summed E-state index contributed by atoms with van der Waals surface area (Å²) in [5.41, 5.74) is 6.00. The van der Waals surface area contributed by atoms with Crippen LogP contribution in [0.2, 0.25) is 0 Å². The molecule has 0 spiro atoms. The highest BCUT2D eigenvalue weighted by atomic mass is 19.3. The Balaban J connectivity index is 1.48. The number of aromatic amines is 1. The van der Waals surface area contributed by atoms with Crippen LogP contribution in [0.1, 0.15) is 59.8 Å². The maximum Gasteiger partial charge on any atom is 0.248 e. The van der Waals surface area contributed by atoms with E-state index in [0.717, 1.165) is 45.2 Å². The minimum atomic E-state index is -2.52. The number of aryl methyl sites for hydroxylation is 3. The first kappa shape index (κ1) is 20.5. The second-order valence-corrected chi connectivity index (χ2v) is 8.37. The number of nitrogens with one attached hydrogen (secondary N) is 1. The Kier molecular flexibility index (Phi) is 5.58. The maximum atomic E-state index is 13.4. The van der Waals surface area contributed by atoms with E-state index in [9.17, 15) is 8.78 Å². The van der Waals surface area contributed by atoms with Crippen molar-refractivity contribution in [1.29, 1.82) is 0 Å². The van der Waals surface area contributed by atoms with Crippen molar-refractivity contribution in [2.45, 2.75) is 64.9 Å². The van der Waals surface area contributed by atoms with E-state index in [1.54, 1.807) is 6.20 Å². The summed E-state index contributed by atoms with van der Waals surface area (Å²) in [7, 11) is 0. The van der Waals surface area contributed by atoms with Gasteiger partial charge in [0.05, 0.1) is 17.6 Å². The van der Waals surface area contributed by atoms with Crippen LogP contribution in [0.5, 0.6) is 5.75 Å². The fourth-order valence-electron chi connectivity index (χ4n) is 4.07. The number of aromatic nitrogens is 3. The van der Waals surface area contributed by atoms with E-state index < -0.39 is 5.92 Å². The van der Waals surface area contributed by atoms with Crippen LogP contribution in [0.25, 0.3) is 11.3 Å². The van der Waals surface area contributed by atoms with Gasteiger partial charge in [-0.2, -0.15) is 0 Å². The molecule has 1 N–H and O–H groups in total. The molecule has 1 aliphatic rings. The van der Waals surface area contributed by atoms with Gasteiger partial charge in [-0.3, -0.25) is 4.98 Å². The lowest BCUT2D eigenvalue weighted by Crippen LogP contribution is -2.24. The van der Waals surface area contributed by atoms with Crippen molar-refractivity contribution in [3.05, 3.63) is 64.9 Å². The topological polar surface area (TPSA) is 50.8 Å². The molecule has 0 radical (unpaired) electrons. The van der Waals surface area contributed by atoms with Gasteiger partial charge in [0.1, 0.15) is 18.2 Å². The highest BCUT2D eigenvalue weighted by Crippen LogP contribution is 2.40. The standard InChI is InChI=1S/C24H27F2N3O/c1-15-4-5-20(27-12-15)14-30-22-16(2)10-19(11-17(22)3)21-13-28-23(29-21)18-6-8-24(25,26)9-7-18/h4-5,10-13,18H,6-9,14H2,1-3H3,(H,28,29). The van der Waals surface area contributed by atoms with Gasteiger partial charge in [0.2, 0.25) is 5.92 Å². The van der Waals surface area contributed by atoms with Gasteiger partial charge >= 0.3 is 0 Å². The molecule has 0 bridgehead atoms. The molecule has 1 aromatic carbocycles. The van der Waals surface area contributed by atoms with E-state index in [0.29, 0.717) is 19.4 Å². The van der Waals surface area contributed by atoms with Gasteiger partial charge in [-0.15, -0.1) is 0 Å². The number of nitrogens with zero attached hydrogens (tertiary/aromatic N) is 2. The van der Waals surface area contributed by atoms with E-state index in [4.69, 9.17) is 4.74 Å². The van der Waals surface area contributed by atoms with Gasteiger partial charge in [-0.1, -0.05) is 6.07 Å². The van der Waals surface area contributed by atoms with Crippen molar-refractivity contribution in [2.24, 2.45) is 0 Å². The van der Waals surface area contributed by atoms with Crippen LogP contribution in [0.15, 0.2) is 36.7 Å². The second kappa shape index (κ2) is 8.17. The molecule has 1 aliphatic carbocycles. The maximum absolute atomic E-state index is 13.4. The zero-order valence-electron chi connectivity index (χ0n) is 17.6. The third-order valence-corrected chi connectivity index (χ3v) is 5.81. The molecule has 2 aromatic heterocycles. The van der Waals surface area contributed by atoms with E-state index >= 15 is 0 Å². The number of hydrogen-bond donors (Lipinski definition) is 1. The lowest BCUT2D eigenvalue weighted by Gasteiger charge is -2.26. The number of alkyl halides is 2. The fraction of sp³-hybridized carbons (Fsp3) is 0.417. The van der Waals surface area contributed by atoms with Crippen LogP contribution < -0.4 is 4.74 Å². The van der Waals surface area contributed by atoms with E-state index in [1.807, 2.05) is 39.1 Å². The number of pyridine rings is 1. The number of hydrogen-bond acceptors (Lipinski definition) is 3. The first-order valence-electron chi connectivity index (χ1n) is 10.4. The number of H-pyrrole nitrogens is 1. The average molecular weight is 411 g/mol. The third kappa shape index (κ3) is 4.53. The number of imidazole rings is 1. The smallest absolute Gasteiger partial charge is 0.248 e. The predicted molar refractivity (Wildman–Crippen MR) is 113 cm³/mol. The Morgan fingerprint density at radius 2 is 1.73 bits per heavy atom. The summed E-state index contributed by atoms with van der Waals surface area (Å²) in [6.07, 6.45) is 4.45. The van der Waals surface area contributed by atoms with Crippen LogP contribution in [0.4, 0.5) is 8.78 Å². The van der Waals surface area contributed by atoms with E-state index in [-0.39, 0.29) is 18.8 Å². The molecule has 4 nitrogen and oxygen atoms in total. The Hall–Kier alpha value is -2.76. The van der Waals surface area contributed by atoms with Gasteiger partial charge in [-0.25, -0.2) is 13.8 Å². The van der Waals surface area contributed by atoms with Crippen molar-refractivity contribution in [2.75, 3.05) is 0 Å². The minimum Gasteiger partial charge on any atom is -0.487 e. The number of benzene rings is 1. The molecule has 1 saturated carbocycles. The quantitative estimate of drug-likeness (QED) is 0.538. The highest BCUT2D eigenvalue weighted by molar-refractivity contribution is 5.64. The Morgan fingerprint density at radius 1 is 1.03 bits per heavy atom. The van der Waals surface area contributed by atoms with Crippen molar-refractivity contribution < 1.29 is 13.5 Å². The fourth-order valence-corrected chi connectivity index (χ4v) is 4.07. The van der Waals surface area contributed by atoms with Gasteiger partial charge < -0.3 is 9.72 Å².